The largest absolute Gasteiger partial charge is 0.444 e. The molecule has 0 spiro atoms. The van der Waals surface area contributed by atoms with Crippen molar-refractivity contribution in [1.29, 1.82) is 0 Å². The summed E-state index contributed by atoms with van der Waals surface area (Å²) in [6, 6.07) is 15.7. The monoisotopic (exact) mass is 384 g/mol. The zero-order valence-electron chi connectivity index (χ0n) is 15.4. The summed E-state index contributed by atoms with van der Waals surface area (Å²) in [6.45, 7) is 0. The van der Waals surface area contributed by atoms with Crippen LogP contribution >= 0.6 is 0 Å². The third-order valence-electron chi connectivity index (χ3n) is 3.73. The molecule has 28 heavy (non-hydrogen) atoms. The fourth-order valence-corrected chi connectivity index (χ4v) is 2.28. The Labute approximate surface area is 161 Å². The summed E-state index contributed by atoms with van der Waals surface area (Å²) in [5.74, 6) is -3.61. The van der Waals surface area contributed by atoms with Crippen molar-refractivity contribution in [2.45, 2.75) is 12.2 Å². The standard InChI is InChI=1S/C20H20N2O6/c1-22(2)18(24)16(28-20(26)14-11-7-4-8-12-14)15(17(21)23)27-19(25)13-9-5-3-6-10-13/h3-12,15-16H,1-2H3,(H2,21,23)/t15-,16-/m1/s1. The van der Waals surface area contributed by atoms with Crippen molar-refractivity contribution in [3.63, 3.8) is 0 Å². The van der Waals surface area contributed by atoms with Gasteiger partial charge in [-0.15, -0.1) is 0 Å². The first kappa shape index (κ1) is 20.6. The van der Waals surface area contributed by atoms with E-state index in [1.165, 1.54) is 38.4 Å². The SMILES string of the molecule is CN(C)C(=O)[C@H](OC(=O)c1ccccc1)[C@@H](OC(=O)c1ccccc1)C(N)=O. The van der Waals surface area contributed by atoms with Gasteiger partial charge in [0.25, 0.3) is 11.8 Å². The summed E-state index contributed by atoms with van der Waals surface area (Å²) < 4.78 is 10.3. The van der Waals surface area contributed by atoms with Gasteiger partial charge >= 0.3 is 11.9 Å². The Morgan fingerprint density at radius 3 is 1.50 bits per heavy atom. The lowest BCUT2D eigenvalue weighted by Gasteiger charge is -2.26. The van der Waals surface area contributed by atoms with Gasteiger partial charge in [0.1, 0.15) is 0 Å². The van der Waals surface area contributed by atoms with Crippen LogP contribution in [0, 0.1) is 0 Å². The minimum Gasteiger partial charge on any atom is -0.444 e. The fraction of sp³-hybridized carbons (Fsp3) is 0.200. The number of hydrogen-bond donors (Lipinski definition) is 1. The molecular formula is C20H20N2O6. The molecule has 0 aliphatic rings. The van der Waals surface area contributed by atoms with Crippen LogP contribution in [0.25, 0.3) is 0 Å². The number of likely N-dealkylation sites (N-methyl/N-ethyl adjacent to an activating group) is 1. The Balaban J connectivity index is 2.29. The molecule has 0 radical (unpaired) electrons. The number of nitrogens with two attached hydrogens (primary N) is 1. The summed E-state index contributed by atoms with van der Waals surface area (Å²) in [6.07, 6.45) is -3.52. The van der Waals surface area contributed by atoms with Crippen LogP contribution < -0.4 is 5.73 Å². The number of benzene rings is 2. The number of amides is 2. The van der Waals surface area contributed by atoms with E-state index >= 15 is 0 Å². The third-order valence-corrected chi connectivity index (χ3v) is 3.73. The summed E-state index contributed by atoms with van der Waals surface area (Å²) in [4.78, 5) is 50.3. The van der Waals surface area contributed by atoms with Crippen LogP contribution in [0.1, 0.15) is 20.7 Å². The van der Waals surface area contributed by atoms with Gasteiger partial charge in [0, 0.05) is 14.1 Å². The smallest absolute Gasteiger partial charge is 0.339 e. The number of primary amides is 1. The molecule has 0 heterocycles. The molecule has 0 saturated carbocycles. The lowest BCUT2D eigenvalue weighted by atomic mass is 10.1. The highest BCUT2D eigenvalue weighted by Crippen LogP contribution is 2.14. The summed E-state index contributed by atoms with van der Waals surface area (Å²) in [7, 11) is 2.81. The first-order valence-corrected chi connectivity index (χ1v) is 8.33. The van der Waals surface area contributed by atoms with Crippen LogP contribution in [0.5, 0.6) is 0 Å². The molecule has 8 heteroatoms. The molecule has 0 bridgehead atoms. The molecule has 2 rings (SSSR count). The van der Waals surface area contributed by atoms with Gasteiger partial charge in [0.15, 0.2) is 0 Å². The molecule has 8 nitrogen and oxygen atoms in total. The highest BCUT2D eigenvalue weighted by molar-refractivity contribution is 5.97. The second-order valence-corrected chi connectivity index (χ2v) is 6.02. The van der Waals surface area contributed by atoms with Gasteiger partial charge in [-0.2, -0.15) is 0 Å². The van der Waals surface area contributed by atoms with Crippen LogP contribution in [-0.2, 0) is 19.1 Å². The number of esters is 2. The van der Waals surface area contributed by atoms with E-state index in [0.717, 1.165) is 4.90 Å². The molecule has 0 fully saturated rings. The van der Waals surface area contributed by atoms with E-state index in [1.54, 1.807) is 36.4 Å². The molecule has 0 aliphatic heterocycles. The van der Waals surface area contributed by atoms with Gasteiger partial charge in [0.2, 0.25) is 12.2 Å². The maximum absolute atomic E-state index is 12.5. The molecule has 2 N–H and O–H groups in total. The van der Waals surface area contributed by atoms with E-state index in [-0.39, 0.29) is 11.1 Å². The zero-order chi connectivity index (χ0) is 20.7. The number of rotatable bonds is 7. The van der Waals surface area contributed by atoms with E-state index in [9.17, 15) is 19.2 Å². The zero-order valence-corrected chi connectivity index (χ0v) is 15.4. The lowest BCUT2D eigenvalue weighted by Crippen LogP contribution is -2.52. The van der Waals surface area contributed by atoms with Gasteiger partial charge in [-0.25, -0.2) is 9.59 Å². The number of nitrogens with zero attached hydrogens (tertiary/aromatic N) is 1. The Hall–Kier alpha value is -3.68. The highest BCUT2D eigenvalue weighted by Gasteiger charge is 2.40. The minimum absolute atomic E-state index is 0.152. The van der Waals surface area contributed by atoms with Crippen LogP contribution in [-0.4, -0.2) is 55.0 Å². The summed E-state index contributed by atoms with van der Waals surface area (Å²) in [5.41, 5.74) is 5.65. The van der Waals surface area contributed by atoms with Crippen LogP contribution in [0.4, 0.5) is 0 Å². The minimum atomic E-state index is -1.80. The van der Waals surface area contributed by atoms with Crippen molar-refractivity contribution < 1.29 is 28.7 Å². The summed E-state index contributed by atoms with van der Waals surface area (Å²) in [5, 5.41) is 0. The maximum atomic E-state index is 12.5. The Morgan fingerprint density at radius 1 is 0.750 bits per heavy atom. The van der Waals surface area contributed by atoms with Gasteiger partial charge in [-0.3, -0.25) is 9.59 Å². The van der Waals surface area contributed by atoms with Crippen molar-refractivity contribution >= 4 is 23.8 Å². The molecule has 0 aromatic heterocycles. The van der Waals surface area contributed by atoms with Gasteiger partial charge in [-0.1, -0.05) is 36.4 Å². The van der Waals surface area contributed by atoms with E-state index in [2.05, 4.69) is 0 Å². The topological polar surface area (TPSA) is 116 Å². The van der Waals surface area contributed by atoms with Crippen molar-refractivity contribution in [2.24, 2.45) is 5.73 Å². The highest BCUT2D eigenvalue weighted by atomic mass is 16.6. The normalized spacial score (nSPS) is 12.4. The van der Waals surface area contributed by atoms with Gasteiger partial charge in [-0.05, 0) is 24.3 Å². The average Bonchev–Trinajstić information content (AvgIpc) is 2.70. The molecule has 2 aromatic carbocycles. The van der Waals surface area contributed by atoms with E-state index in [1.807, 2.05) is 0 Å². The molecular weight excluding hydrogens is 364 g/mol. The van der Waals surface area contributed by atoms with Crippen molar-refractivity contribution in [3.05, 3.63) is 71.8 Å². The van der Waals surface area contributed by atoms with E-state index < -0.39 is 36.0 Å². The van der Waals surface area contributed by atoms with Crippen LogP contribution in [0.3, 0.4) is 0 Å². The quantitative estimate of drug-likeness (QED) is 0.712. The van der Waals surface area contributed by atoms with Crippen molar-refractivity contribution in [1.82, 2.24) is 4.90 Å². The fourth-order valence-electron chi connectivity index (χ4n) is 2.28. The Morgan fingerprint density at radius 2 is 1.14 bits per heavy atom. The Kier molecular flexibility index (Phi) is 6.86. The molecule has 0 unspecified atom stereocenters. The molecule has 2 atom stereocenters. The van der Waals surface area contributed by atoms with Crippen LogP contribution in [0.15, 0.2) is 60.7 Å². The van der Waals surface area contributed by atoms with E-state index in [4.69, 9.17) is 15.2 Å². The number of carbonyl (C=O) groups excluding carboxylic acids is 4. The van der Waals surface area contributed by atoms with Gasteiger partial charge < -0.3 is 20.1 Å². The molecule has 0 aliphatic carbocycles. The van der Waals surface area contributed by atoms with Gasteiger partial charge in [0.05, 0.1) is 11.1 Å². The Bertz CT molecular complexity index is 852. The number of hydrogen-bond acceptors (Lipinski definition) is 6. The third kappa shape index (κ3) is 5.16. The predicted octanol–water partition coefficient (Wildman–Crippen LogP) is 1.01. The molecule has 2 aromatic rings. The predicted molar refractivity (Wildman–Crippen MR) is 99.2 cm³/mol. The van der Waals surface area contributed by atoms with Crippen molar-refractivity contribution in [3.8, 4) is 0 Å². The number of carbonyl (C=O) groups is 4. The first-order chi connectivity index (χ1) is 13.3. The molecule has 0 saturated heterocycles. The first-order valence-electron chi connectivity index (χ1n) is 8.33. The molecule has 2 amide bonds. The average molecular weight is 384 g/mol. The second-order valence-electron chi connectivity index (χ2n) is 6.02. The lowest BCUT2D eigenvalue weighted by molar-refractivity contribution is -0.151. The van der Waals surface area contributed by atoms with Crippen molar-refractivity contribution in [2.75, 3.05) is 14.1 Å². The van der Waals surface area contributed by atoms with Crippen LogP contribution in [0.2, 0.25) is 0 Å². The summed E-state index contributed by atoms with van der Waals surface area (Å²) >= 11 is 0. The molecule has 146 valence electrons. The number of ether oxygens (including phenoxy) is 2. The van der Waals surface area contributed by atoms with E-state index in [0.29, 0.717) is 0 Å². The maximum Gasteiger partial charge on any atom is 0.339 e. The second kappa shape index (κ2) is 9.31.